The van der Waals surface area contributed by atoms with Crippen molar-refractivity contribution in [1.29, 1.82) is 0 Å². The van der Waals surface area contributed by atoms with Gasteiger partial charge >= 0.3 is 0 Å². The minimum atomic E-state index is -1.58. The van der Waals surface area contributed by atoms with E-state index in [1.54, 1.807) is 56.7 Å². The van der Waals surface area contributed by atoms with Crippen LogP contribution in [-0.2, 0) is 10.3 Å². The van der Waals surface area contributed by atoms with Crippen LogP contribution in [0.4, 0.5) is 11.4 Å². The lowest BCUT2D eigenvalue weighted by molar-refractivity contribution is -0.119. The molecule has 204 valence electrons. The molecule has 3 heterocycles. The number of nitrogens with one attached hydrogen (secondary N) is 1. The molecular weight excluding hydrogens is 551 g/mol. The van der Waals surface area contributed by atoms with Crippen molar-refractivity contribution >= 4 is 46.4 Å². The number of ether oxygens (including phenoxy) is 2. The molecule has 0 saturated carbocycles. The SMILES string of the molecule is COc1cccc(OC)c1-c1nc2c(n1C(C)C)[C@]1(C(=O)Nc3cc(Cl)ccc31)N(c1cc(Cl)ccc1C)C2=O. The van der Waals surface area contributed by atoms with Crippen LogP contribution in [0.1, 0.15) is 47.2 Å². The zero-order valence-corrected chi connectivity index (χ0v) is 24.0. The second kappa shape index (κ2) is 9.28. The number of hydrogen-bond acceptors (Lipinski definition) is 5. The van der Waals surface area contributed by atoms with Crippen molar-refractivity contribution in [3.05, 3.63) is 87.2 Å². The van der Waals surface area contributed by atoms with Crippen LogP contribution in [-0.4, -0.2) is 35.6 Å². The lowest BCUT2D eigenvalue weighted by Gasteiger charge is -2.36. The first-order valence-electron chi connectivity index (χ1n) is 12.7. The van der Waals surface area contributed by atoms with Crippen LogP contribution < -0.4 is 19.7 Å². The molecule has 0 fully saturated rings. The van der Waals surface area contributed by atoms with Crippen molar-refractivity contribution in [3.8, 4) is 22.9 Å². The Morgan fingerprint density at radius 1 is 0.950 bits per heavy atom. The van der Waals surface area contributed by atoms with Gasteiger partial charge in [-0.1, -0.05) is 41.4 Å². The smallest absolute Gasteiger partial charge is 0.280 e. The minimum Gasteiger partial charge on any atom is -0.496 e. The average molecular weight is 577 g/mol. The van der Waals surface area contributed by atoms with Crippen molar-refractivity contribution < 1.29 is 19.1 Å². The van der Waals surface area contributed by atoms with Gasteiger partial charge in [0.1, 0.15) is 22.9 Å². The summed E-state index contributed by atoms with van der Waals surface area (Å²) in [7, 11) is 3.13. The van der Waals surface area contributed by atoms with Crippen LogP contribution >= 0.6 is 23.2 Å². The van der Waals surface area contributed by atoms with E-state index < -0.39 is 17.4 Å². The quantitative estimate of drug-likeness (QED) is 0.288. The second-order valence-electron chi connectivity index (χ2n) is 10.1. The van der Waals surface area contributed by atoms with Crippen molar-refractivity contribution in [2.75, 3.05) is 24.4 Å². The fourth-order valence-corrected chi connectivity index (χ4v) is 6.22. The van der Waals surface area contributed by atoms with Gasteiger partial charge in [-0.15, -0.1) is 0 Å². The summed E-state index contributed by atoms with van der Waals surface area (Å²) in [5.41, 5.74) is 2.03. The van der Waals surface area contributed by atoms with E-state index in [1.165, 1.54) is 4.90 Å². The number of amides is 2. The zero-order chi connectivity index (χ0) is 28.5. The van der Waals surface area contributed by atoms with E-state index in [2.05, 4.69) is 5.32 Å². The topological polar surface area (TPSA) is 85.7 Å². The minimum absolute atomic E-state index is 0.161. The first-order valence-corrected chi connectivity index (χ1v) is 13.5. The molecule has 2 aliphatic rings. The normalized spacial score (nSPS) is 17.4. The van der Waals surface area contributed by atoms with Crippen LogP contribution in [0.3, 0.4) is 0 Å². The number of imidazole rings is 1. The third-order valence-corrected chi connectivity index (χ3v) is 7.99. The standard InChI is InChI=1S/C30H26Cl2N4O4/c1-15(2)35-26-25(34-27(35)24-22(39-4)7-6-8-23(24)40-5)28(37)36(21-14-18(32)10-9-16(21)3)30(26)19-12-11-17(31)13-20(19)33-29(30)38/h6-15H,1-5H3,(H,33,38)/t30-/m1/s1. The summed E-state index contributed by atoms with van der Waals surface area (Å²) < 4.78 is 13.3. The largest absolute Gasteiger partial charge is 0.496 e. The van der Waals surface area contributed by atoms with Crippen LogP contribution in [0.5, 0.6) is 11.5 Å². The van der Waals surface area contributed by atoms with E-state index in [1.807, 2.05) is 37.5 Å². The average Bonchev–Trinajstić information content (AvgIpc) is 3.53. The fraction of sp³-hybridized carbons (Fsp3) is 0.233. The zero-order valence-electron chi connectivity index (χ0n) is 22.5. The molecule has 4 aromatic rings. The summed E-state index contributed by atoms with van der Waals surface area (Å²) in [4.78, 5) is 35.3. The molecule has 1 spiro atoms. The van der Waals surface area contributed by atoms with Gasteiger partial charge in [0.25, 0.3) is 11.8 Å². The lowest BCUT2D eigenvalue weighted by Crippen LogP contribution is -2.51. The number of rotatable bonds is 5. The molecule has 0 unspecified atom stereocenters. The highest BCUT2D eigenvalue weighted by molar-refractivity contribution is 6.32. The van der Waals surface area contributed by atoms with Gasteiger partial charge in [0.05, 0.1) is 25.6 Å². The summed E-state index contributed by atoms with van der Waals surface area (Å²) in [6.07, 6.45) is 0. The third-order valence-electron chi connectivity index (χ3n) is 7.52. The fourth-order valence-electron chi connectivity index (χ4n) is 5.88. The number of benzene rings is 3. The van der Waals surface area contributed by atoms with Gasteiger partial charge in [-0.05, 0) is 62.7 Å². The summed E-state index contributed by atoms with van der Waals surface area (Å²) in [5.74, 6) is 0.693. The first kappa shape index (κ1) is 26.2. The number of aryl methyl sites for hydroxylation is 1. The van der Waals surface area contributed by atoms with Gasteiger partial charge in [-0.3, -0.25) is 14.5 Å². The highest BCUT2D eigenvalue weighted by atomic mass is 35.5. The Balaban J connectivity index is 1.76. The highest BCUT2D eigenvalue weighted by Crippen LogP contribution is 2.55. The molecular formula is C30H26Cl2N4O4. The van der Waals surface area contributed by atoms with Crippen molar-refractivity contribution in [3.63, 3.8) is 0 Å². The molecule has 3 aromatic carbocycles. The van der Waals surface area contributed by atoms with Gasteiger partial charge in [0, 0.05) is 27.3 Å². The van der Waals surface area contributed by atoms with E-state index in [0.29, 0.717) is 55.6 Å². The Hall–Kier alpha value is -4.01. The molecule has 40 heavy (non-hydrogen) atoms. The van der Waals surface area contributed by atoms with E-state index in [4.69, 9.17) is 37.7 Å². The molecule has 0 radical (unpaired) electrons. The number of carbonyl (C=O) groups is 2. The predicted molar refractivity (Wildman–Crippen MR) is 155 cm³/mol. The van der Waals surface area contributed by atoms with Crippen LogP contribution in [0.2, 0.25) is 10.0 Å². The van der Waals surface area contributed by atoms with E-state index in [0.717, 1.165) is 5.56 Å². The molecule has 8 nitrogen and oxygen atoms in total. The van der Waals surface area contributed by atoms with E-state index in [9.17, 15) is 9.59 Å². The maximum atomic E-state index is 14.5. The summed E-state index contributed by atoms with van der Waals surface area (Å²) in [6.45, 7) is 5.84. The number of methoxy groups -OCH3 is 2. The molecule has 0 saturated heterocycles. The molecule has 1 atom stereocenters. The molecule has 2 amide bonds. The third kappa shape index (κ3) is 3.42. The van der Waals surface area contributed by atoms with Crippen molar-refractivity contribution in [2.45, 2.75) is 32.4 Å². The monoisotopic (exact) mass is 576 g/mol. The van der Waals surface area contributed by atoms with E-state index in [-0.39, 0.29) is 11.7 Å². The molecule has 0 aliphatic carbocycles. The molecule has 1 N–H and O–H groups in total. The van der Waals surface area contributed by atoms with Gasteiger partial charge in [0.15, 0.2) is 11.2 Å². The number of carbonyl (C=O) groups excluding carboxylic acids is 2. The molecule has 1 aromatic heterocycles. The van der Waals surface area contributed by atoms with Gasteiger partial charge in [-0.2, -0.15) is 0 Å². The summed E-state index contributed by atoms with van der Waals surface area (Å²) >= 11 is 12.8. The van der Waals surface area contributed by atoms with Crippen LogP contribution in [0.25, 0.3) is 11.4 Å². The number of halogens is 2. The molecule has 6 rings (SSSR count). The Morgan fingerprint density at radius 2 is 1.60 bits per heavy atom. The predicted octanol–water partition coefficient (Wildman–Crippen LogP) is 6.62. The maximum Gasteiger partial charge on any atom is 0.280 e. The summed E-state index contributed by atoms with van der Waals surface area (Å²) in [5, 5.41) is 3.89. The Morgan fingerprint density at radius 3 is 2.25 bits per heavy atom. The summed E-state index contributed by atoms with van der Waals surface area (Å²) in [6, 6.07) is 15.7. The van der Waals surface area contributed by atoms with Crippen LogP contribution in [0.15, 0.2) is 54.6 Å². The number of aromatic nitrogens is 2. The van der Waals surface area contributed by atoms with Crippen LogP contribution in [0, 0.1) is 6.92 Å². The Labute approximate surface area is 241 Å². The lowest BCUT2D eigenvalue weighted by atomic mass is 9.86. The van der Waals surface area contributed by atoms with Crippen molar-refractivity contribution in [2.24, 2.45) is 0 Å². The van der Waals surface area contributed by atoms with E-state index >= 15 is 0 Å². The number of nitrogens with zero attached hydrogens (tertiary/aromatic N) is 3. The molecule has 2 aliphatic heterocycles. The van der Waals surface area contributed by atoms with Gasteiger partial charge in [0.2, 0.25) is 0 Å². The Bertz CT molecular complexity index is 1710. The number of hydrogen-bond donors (Lipinski definition) is 1. The Kier molecular flexibility index (Phi) is 6.09. The highest BCUT2D eigenvalue weighted by Gasteiger charge is 2.64. The van der Waals surface area contributed by atoms with Gasteiger partial charge < -0.3 is 19.4 Å². The number of fused-ring (bicyclic) bond motifs is 4. The van der Waals surface area contributed by atoms with Gasteiger partial charge in [-0.25, -0.2) is 4.98 Å². The second-order valence-corrected chi connectivity index (χ2v) is 10.9. The molecule has 10 heteroatoms. The first-order chi connectivity index (χ1) is 19.1. The number of anilines is 2. The van der Waals surface area contributed by atoms with Crippen molar-refractivity contribution in [1.82, 2.24) is 9.55 Å². The maximum absolute atomic E-state index is 14.5. The molecule has 0 bridgehead atoms.